The zero-order chi connectivity index (χ0) is 99.2. The molecule has 0 aliphatic heterocycles. The molecule has 18 rings (SSSR count). The quantitative estimate of drug-likeness (QED) is 0.0806. The molecule has 0 N–H and O–H groups in total. The number of hydrogen-bond donors (Lipinski definition) is 0. The first kappa shape index (κ1) is 109. The Morgan fingerprint density at radius 3 is 0.229 bits per heavy atom. The van der Waals surface area contributed by atoms with E-state index in [9.17, 15) is 34.5 Å². The zero-order valence-corrected chi connectivity index (χ0v) is 78.7. The molecule has 0 unspecified atom stereocenters. The summed E-state index contributed by atoms with van der Waals surface area (Å²) in [5.41, 5.74) is 22.3. The second-order valence-electron chi connectivity index (χ2n) is 28.4. The number of hydrogen-bond acceptors (Lipinski definition) is 12. The molecule has 0 spiro atoms. The van der Waals surface area contributed by atoms with Crippen molar-refractivity contribution in [2.75, 3.05) is 0 Å². The molecule has 0 fully saturated rings. The summed E-state index contributed by atoms with van der Waals surface area (Å²) in [5, 5.41) is 0. The van der Waals surface area contributed by atoms with Crippen LogP contribution in [0.3, 0.4) is 0 Å². The van der Waals surface area contributed by atoms with Crippen molar-refractivity contribution in [2.45, 2.75) is 0 Å². The Morgan fingerprint density at radius 2 is 0.174 bits per heavy atom. The summed E-state index contributed by atoms with van der Waals surface area (Å²) in [6, 6.07) is 93.0. The Morgan fingerprint density at radius 1 is 0.111 bits per heavy atom. The van der Waals surface area contributed by atoms with Crippen LogP contribution in [-0.4, -0.2) is 74.3 Å². The molecule has 144 heavy (non-hydrogen) atoms. The predicted octanol–water partition coefficient (Wildman–Crippen LogP) is 22.3. The maximum Gasteiger partial charge on any atom is 1.00 e. The van der Waals surface area contributed by atoms with Crippen molar-refractivity contribution in [3.8, 4) is 142 Å². The third-order valence-electron chi connectivity index (χ3n) is 17.5. The molecule has 12 aromatic heterocycles. The predicted molar refractivity (Wildman–Crippen MR) is 542 cm³/mol. The van der Waals surface area contributed by atoms with Gasteiger partial charge in [0.2, 0.25) is 0 Å². The Hall–Kier alpha value is -19.1. The molecule has 6 aromatic carbocycles. The van der Waals surface area contributed by atoms with Crippen LogP contribution in [0.15, 0.2) is 440 Å². The molecule has 696 valence electrons. The summed E-state index contributed by atoms with van der Waals surface area (Å²) < 4.78 is 78.0. The van der Waals surface area contributed by atoms with Crippen LogP contribution >= 0.6 is 0 Å². The summed E-state index contributed by atoms with van der Waals surface area (Å²) in [4.78, 5) is 48.5. The van der Waals surface area contributed by atoms with Crippen LogP contribution in [-0.2, 0) is 44.8 Å². The Labute approximate surface area is 862 Å². The number of aromatic nitrogens is 12. The van der Waals surface area contributed by atoms with Crippen LogP contribution in [0.1, 0.15) is 134 Å². The number of halogens is 8. The monoisotopic (exact) mass is 2070 g/mol. The van der Waals surface area contributed by atoms with Gasteiger partial charge in [-0.15, -0.1) is 0 Å². The molecule has 0 saturated carbocycles. The largest absolute Gasteiger partial charge is 1.00 e. The normalized spacial score (nSPS) is 9.17. The van der Waals surface area contributed by atoms with Gasteiger partial charge in [0.25, 0.3) is 0 Å². The van der Waals surface area contributed by atoms with Gasteiger partial charge in [0.05, 0.1) is 0 Å². The van der Waals surface area contributed by atoms with Gasteiger partial charge in [-0.3, -0.25) is 59.8 Å². The average Bonchev–Trinajstić information content (AvgIpc) is 0.905. The minimum atomic E-state index is -6.00. The SMILES string of the molecule is C(#Cc1cccnc1)c1ccc(C#Cc2cccnc2)cc1.C(#Cc1cccnc1)c1ccc(C#Cc2cccnc2)cc1.C(#Cc1cccnc1)c1ccc(C#Cc2cccnc2)cc1.C(#Cc1cccnc1)c1ccc(C#Cc2cccnc2)cc1.C(#Cc1cccnc1)c1ccc(C#Cc2cccnc2)cc1.C(#Cc1cccnc1)c1ccc(C#Cc2cccnc2)cc1.F[B-](F)(F)F.F[B-](F)(F)F.[Ag+].[Ag+]. The fourth-order valence-corrected chi connectivity index (χ4v) is 10.8. The summed E-state index contributed by atoms with van der Waals surface area (Å²) in [6.07, 6.45) is 41.9. The maximum absolute atomic E-state index is 9.75. The fourth-order valence-electron chi connectivity index (χ4n) is 10.8. The second kappa shape index (κ2) is 62.6. The fraction of sp³-hybridized carbons (Fsp3) is 0. The van der Waals surface area contributed by atoms with Gasteiger partial charge in [-0.25, -0.2) is 0 Å². The van der Waals surface area contributed by atoms with Gasteiger partial charge in [-0.1, -0.05) is 142 Å². The smallest absolute Gasteiger partial charge is 0.418 e. The van der Waals surface area contributed by atoms with Crippen molar-refractivity contribution in [1.82, 2.24) is 59.8 Å². The van der Waals surface area contributed by atoms with Gasteiger partial charge in [0, 0.05) is 282 Å². The van der Waals surface area contributed by atoms with E-state index < -0.39 is 14.5 Å². The van der Waals surface area contributed by atoms with Crippen molar-refractivity contribution in [1.29, 1.82) is 0 Å². The number of benzene rings is 6. The molecule has 0 saturated heterocycles. The van der Waals surface area contributed by atoms with Gasteiger partial charge < -0.3 is 34.5 Å². The molecule has 0 aliphatic carbocycles. The van der Waals surface area contributed by atoms with Gasteiger partial charge in [-0.05, 0) is 291 Å². The van der Waals surface area contributed by atoms with Crippen LogP contribution in [0, 0.1) is 142 Å². The summed E-state index contributed by atoms with van der Waals surface area (Å²) in [7, 11) is -12.0. The average molecular weight is 2070 g/mol. The van der Waals surface area contributed by atoms with E-state index in [0.717, 1.165) is 134 Å². The molecule has 24 heteroatoms. The van der Waals surface area contributed by atoms with Gasteiger partial charge >= 0.3 is 59.3 Å². The van der Waals surface area contributed by atoms with Crippen LogP contribution in [0.5, 0.6) is 0 Å². The van der Waals surface area contributed by atoms with Crippen molar-refractivity contribution >= 4 is 14.5 Å². The number of nitrogens with zero attached hydrogens (tertiary/aromatic N) is 12. The molecular formula is C120H72Ag2B2F8N12. The van der Waals surface area contributed by atoms with E-state index in [4.69, 9.17) is 0 Å². The third kappa shape index (κ3) is 47.1. The molecule has 0 amide bonds. The Kier molecular flexibility index (Phi) is 47.2. The van der Waals surface area contributed by atoms with E-state index in [2.05, 4.69) is 202 Å². The molecule has 0 bridgehead atoms. The standard InChI is InChI=1S/6C20H12N2.2Ag.2BF4/c6*1-3-19(15-21-13-1)11-9-17-5-7-18(8-6-17)10-12-20-4-2-14-22-16-20;;;2*2-1(3,4)5/h6*1-8,13-16H;;;;/q;;;;;;2*+1;2*-1. The van der Waals surface area contributed by atoms with E-state index in [1.807, 2.05) is 291 Å². The van der Waals surface area contributed by atoms with Crippen molar-refractivity contribution in [3.63, 3.8) is 0 Å². The molecule has 0 atom stereocenters. The topological polar surface area (TPSA) is 155 Å². The second-order valence-corrected chi connectivity index (χ2v) is 28.4. The molecule has 0 aliphatic rings. The van der Waals surface area contributed by atoms with E-state index in [1.165, 1.54) is 0 Å². The Balaban J connectivity index is 0.000000188. The van der Waals surface area contributed by atoms with Gasteiger partial charge in [-0.2, -0.15) is 0 Å². The van der Waals surface area contributed by atoms with Crippen molar-refractivity contribution in [2.24, 2.45) is 0 Å². The zero-order valence-electron chi connectivity index (χ0n) is 75.7. The van der Waals surface area contributed by atoms with Gasteiger partial charge in [0.1, 0.15) is 0 Å². The van der Waals surface area contributed by atoms with Gasteiger partial charge in [0.15, 0.2) is 0 Å². The molecule has 12 nitrogen and oxygen atoms in total. The number of rotatable bonds is 0. The first-order valence-corrected chi connectivity index (χ1v) is 42.8. The Bertz CT molecular complexity index is 6180. The van der Waals surface area contributed by atoms with Crippen molar-refractivity contribution in [3.05, 3.63) is 573 Å². The van der Waals surface area contributed by atoms with Crippen LogP contribution < -0.4 is 0 Å². The molecule has 0 radical (unpaired) electrons. The third-order valence-corrected chi connectivity index (χ3v) is 17.5. The van der Waals surface area contributed by atoms with E-state index in [-0.39, 0.29) is 44.8 Å². The first-order valence-electron chi connectivity index (χ1n) is 42.8. The van der Waals surface area contributed by atoms with Crippen molar-refractivity contribution < 1.29 is 79.3 Å². The maximum atomic E-state index is 9.75. The van der Waals surface area contributed by atoms with E-state index in [0.29, 0.717) is 0 Å². The minimum absolute atomic E-state index is 0. The van der Waals surface area contributed by atoms with Crippen LogP contribution in [0.25, 0.3) is 0 Å². The molecular weight excluding hydrogens is 2000 g/mol. The molecule has 18 aromatic rings. The number of pyridine rings is 12. The van der Waals surface area contributed by atoms with E-state index in [1.54, 1.807) is 149 Å². The van der Waals surface area contributed by atoms with Crippen LogP contribution in [0.4, 0.5) is 34.5 Å². The summed E-state index contributed by atoms with van der Waals surface area (Å²) >= 11 is 0. The minimum Gasteiger partial charge on any atom is -0.418 e. The van der Waals surface area contributed by atoms with E-state index >= 15 is 0 Å². The molecule has 12 heterocycles. The summed E-state index contributed by atoms with van der Waals surface area (Å²) in [6.45, 7) is 0. The summed E-state index contributed by atoms with van der Waals surface area (Å²) in [5.74, 6) is 74.3. The van der Waals surface area contributed by atoms with Crippen LogP contribution in [0.2, 0.25) is 0 Å². The first-order chi connectivity index (χ1) is 69.4.